The van der Waals surface area contributed by atoms with Crippen molar-refractivity contribution >= 4 is 17.2 Å². The van der Waals surface area contributed by atoms with Crippen LogP contribution in [0.5, 0.6) is 5.75 Å². The summed E-state index contributed by atoms with van der Waals surface area (Å²) in [7, 11) is 1.60. The average Bonchev–Trinajstić information content (AvgIpc) is 3.20. The predicted molar refractivity (Wildman–Crippen MR) is 122 cm³/mol. The van der Waals surface area contributed by atoms with Crippen LogP contribution in [0.4, 0.5) is 10.3 Å². The van der Waals surface area contributed by atoms with Gasteiger partial charge in [-0.3, -0.25) is 4.40 Å². The van der Waals surface area contributed by atoms with Gasteiger partial charge in [-0.05, 0) is 57.9 Å². The summed E-state index contributed by atoms with van der Waals surface area (Å²) in [6.45, 7) is 10.5. The molecule has 3 aromatic rings. The van der Waals surface area contributed by atoms with Crippen molar-refractivity contribution in [2.24, 2.45) is 0 Å². The van der Waals surface area contributed by atoms with Gasteiger partial charge in [0.15, 0.2) is 5.65 Å². The number of halogens is 1. The largest absolute Gasteiger partial charge is 0.496 e. The smallest absolute Gasteiger partial charge is 0.210 e. The van der Waals surface area contributed by atoms with Crippen molar-refractivity contribution in [2.45, 2.75) is 65.2 Å². The van der Waals surface area contributed by atoms with Crippen molar-refractivity contribution in [3.05, 3.63) is 53.2 Å². The molecule has 1 aliphatic rings. The maximum atomic E-state index is 14.6. The Morgan fingerprint density at radius 2 is 2.00 bits per heavy atom. The molecule has 0 radical (unpaired) electrons. The molecule has 0 spiro atoms. The van der Waals surface area contributed by atoms with E-state index >= 15 is 0 Å². The van der Waals surface area contributed by atoms with E-state index in [0.717, 1.165) is 23.1 Å². The monoisotopic (exact) mass is 439 g/mol. The van der Waals surface area contributed by atoms with Crippen molar-refractivity contribution in [1.82, 2.24) is 19.6 Å². The van der Waals surface area contributed by atoms with Gasteiger partial charge in [-0.15, -0.1) is 10.2 Å². The first-order valence-electron chi connectivity index (χ1n) is 10.8. The highest BCUT2D eigenvalue weighted by Crippen LogP contribution is 2.39. The van der Waals surface area contributed by atoms with Crippen LogP contribution in [-0.4, -0.2) is 37.9 Å². The molecule has 32 heavy (non-hydrogen) atoms. The zero-order chi connectivity index (χ0) is 23.1. The van der Waals surface area contributed by atoms with Gasteiger partial charge in [-0.2, -0.15) is 0 Å². The summed E-state index contributed by atoms with van der Waals surface area (Å²) in [5.41, 5.74) is 3.44. The van der Waals surface area contributed by atoms with Crippen LogP contribution in [0.25, 0.3) is 11.2 Å². The van der Waals surface area contributed by atoms with E-state index in [1.165, 1.54) is 6.07 Å². The van der Waals surface area contributed by atoms with Crippen molar-refractivity contribution < 1.29 is 13.9 Å². The maximum absolute atomic E-state index is 14.6. The Balaban J connectivity index is 1.69. The lowest BCUT2D eigenvalue weighted by atomic mass is 9.86. The maximum Gasteiger partial charge on any atom is 0.210 e. The molecule has 1 N–H and O–H groups in total. The van der Waals surface area contributed by atoms with Crippen molar-refractivity contribution in [1.29, 1.82) is 0 Å². The van der Waals surface area contributed by atoms with E-state index in [9.17, 15) is 4.39 Å². The molecule has 0 aliphatic carbocycles. The summed E-state index contributed by atoms with van der Waals surface area (Å²) in [4.78, 5) is 4.63. The van der Waals surface area contributed by atoms with Crippen molar-refractivity contribution in [2.75, 3.05) is 12.4 Å². The third-order valence-corrected chi connectivity index (χ3v) is 5.68. The van der Waals surface area contributed by atoms with E-state index in [1.54, 1.807) is 30.1 Å². The van der Waals surface area contributed by atoms with Crippen LogP contribution < -0.4 is 10.1 Å². The molecule has 3 heterocycles. The van der Waals surface area contributed by atoms with E-state index in [2.05, 4.69) is 40.4 Å². The normalized spacial score (nSPS) is 17.3. The second-order valence-electron chi connectivity index (χ2n) is 9.25. The molecule has 0 bridgehead atoms. The second-order valence-corrected chi connectivity index (χ2v) is 9.25. The summed E-state index contributed by atoms with van der Waals surface area (Å²) >= 11 is 0. The minimum Gasteiger partial charge on any atom is -0.496 e. The van der Waals surface area contributed by atoms with Gasteiger partial charge in [0, 0.05) is 35.9 Å². The fourth-order valence-electron chi connectivity index (χ4n) is 4.64. The highest BCUT2D eigenvalue weighted by molar-refractivity contribution is 5.77. The van der Waals surface area contributed by atoms with Crippen LogP contribution >= 0.6 is 0 Å². The zero-order valence-electron chi connectivity index (χ0n) is 19.5. The number of methoxy groups -OCH3 is 1. The molecule has 7 nitrogen and oxygen atoms in total. The molecule has 0 amide bonds. The van der Waals surface area contributed by atoms with Gasteiger partial charge in [-0.1, -0.05) is 6.92 Å². The third kappa shape index (κ3) is 4.19. The summed E-state index contributed by atoms with van der Waals surface area (Å²) in [6, 6.07) is 3.09. The highest BCUT2D eigenvalue weighted by atomic mass is 19.1. The fourth-order valence-corrected chi connectivity index (χ4v) is 4.64. The number of benzene rings is 1. The Morgan fingerprint density at radius 3 is 2.69 bits per heavy atom. The Bertz CT molecular complexity index is 1180. The van der Waals surface area contributed by atoms with E-state index in [0.29, 0.717) is 29.3 Å². The van der Waals surface area contributed by atoms with Crippen LogP contribution in [0.1, 0.15) is 57.7 Å². The first-order chi connectivity index (χ1) is 15.1. The first-order valence-corrected chi connectivity index (χ1v) is 10.8. The molecule has 4 rings (SSSR count). The molecule has 1 aromatic carbocycles. The quantitative estimate of drug-likeness (QED) is 0.594. The topological polar surface area (TPSA) is 73.6 Å². The number of hydrogen-bond acceptors (Lipinski definition) is 6. The number of nitrogens with zero attached hydrogens (tertiary/aromatic N) is 4. The van der Waals surface area contributed by atoms with Crippen molar-refractivity contribution in [3.63, 3.8) is 0 Å². The minimum absolute atomic E-state index is 0.266. The SMILES string of the molecule is CCc1c(OC)ccc(F)c1CNc1ncc(C2=CC(C)(C)OC(C)(C)C2)c2nncn12. The Labute approximate surface area is 187 Å². The minimum atomic E-state index is -0.397. The molecule has 8 heteroatoms. The van der Waals surface area contributed by atoms with Gasteiger partial charge in [0.25, 0.3) is 0 Å². The van der Waals surface area contributed by atoms with Gasteiger partial charge in [-0.25, -0.2) is 9.37 Å². The summed E-state index contributed by atoms with van der Waals surface area (Å²) in [5, 5.41) is 11.7. The first kappa shape index (κ1) is 22.2. The molecule has 170 valence electrons. The highest BCUT2D eigenvalue weighted by Gasteiger charge is 2.35. The lowest BCUT2D eigenvalue weighted by molar-refractivity contribution is -0.100. The van der Waals surface area contributed by atoms with E-state index < -0.39 is 5.60 Å². The average molecular weight is 440 g/mol. The van der Waals surface area contributed by atoms with Gasteiger partial charge >= 0.3 is 0 Å². The van der Waals surface area contributed by atoms with E-state index in [4.69, 9.17) is 9.47 Å². The van der Waals surface area contributed by atoms with Crippen LogP contribution in [0.3, 0.4) is 0 Å². The van der Waals surface area contributed by atoms with Gasteiger partial charge in [0.05, 0.1) is 18.3 Å². The number of hydrogen-bond donors (Lipinski definition) is 1. The number of ether oxygens (including phenoxy) is 2. The van der Waals surface area contributed by atoms with Crippen LogP contribution in [0.15, 0.2) is 30.7 Å². The second kappa shape index (κ2) is 8.16. The number of aromatic nitrogens is 4. The molecule has 2 aromatic heterocycles. The Morgan fingerprint density at radius 1 is 1.22 bits per heavy atom. The van der Waals surface area contributed by atoms with E-state index in [1.807, 2.05) is 20.8 Å². The lowest BCUT2D eigenvalue weighted by Crippen LogP contribution is -2.39. The van der Waals surface area contributed by atoms with Crippen molar-refractivity contribution in [3.8, 4) is 5.75 Å². The Kier molecular flexibility index (Phi) is 5.67. The molecule has 0 saturated carbocycles. The number of anilines is 1. The molecule has 0 atom stereocenters. The Hall–Kier alpha value is -3.00. The van der Waals surface area contributed by atoms with Gasteiger partial charge < -0.3 is 14.8 Å². The number of nitrogens with one attached hydrogen (secondary N) is 1. The predicted octanol–water partition coefficient (Wildman–Crippen LogP) is 4.81. The lowest BCUT2D eigenvalue weighted by Gasteiger charge is -2.40. The summed E-state index contributed by atoms with van der Waals surface area (Å²) in [6.07, 6.45) is 6.94. The van der Waals surface area contributed by atoms with Gasteiger partial charge in [0.1, 0.15) is 17.9 Å². The molecular formula is C24H30FN5O2. The summed E-state index contributed by atoms with van der Waals surface area (Å²) < 4.78 is 28.0. The number of rotatable bonds is 6. The number of fused-ring (bicyclic) bond motifs is 1. The van der Waals surface area contributed by atoms with E-state index in [-0.39, 0.29) is 18.0 Å². The molecule has 0 saturated heterocycles. The van der Waals surface area contributed by atoms with Gasteiger partial charge in [0.2, 0.25) is 5.95 Å². The van der Waals surface area contributed by atoms with Crippen LogP contribution in [-0.2, 0) is 17.7 Å². The fraction of sp³-hybridized carbons (Fsp3) is 0.458. The molecular weight excluding hydrogens is 409 g/mol. The molecule has 1 aliphatic heterocycles. The standard InChI is InChI=1S/C24H30FN5O2/c1-7-16-18(19(25)8-9-20(16)31-6)13-27-22-26-12-17(21-29-28-14-30(21)22)15-10-23(2,3)32-24(4,5)11-15/h8-10,12,14H,7,11,13H2,1-6H3,(H,26,27). The van der Waals surface area contributed by atoms with Crippen LogP contribution in [0, 0.1) is 5.82 Å². The molecule has 0 fully saturated rings. The zero-order valence-corrected chi connectivity index (χ0v) is 19.5. The third-order valence-electron chi connectivity index (χ3n) is 5.68. The van der Waals surface area contributed by atoms with Crippen LogP contribution in [0.2, 0.25) is 0 Å². The summed E-state index contributed by atoms with van der Waals surface area (Å²) in [5.74, 6) is 0.952. The molecule has 0 unspecified atom stereocenters.